The highest BCUT2D eigenvalue weighted by atomic mass is 16.6. The molecule has 7 nitrogen and oxygen atoms in total. The molecule has 2 amide bonds. The van der Waals surface area contributed by atoms with Gasteiger partial charge in [-0.05, 0) is 45.4 Å². The van der Waals surface area contributed by atoms with Crippen LogP contribution in [-0.2, 0) is 4.74 Å². The van der Waals surface area contributed by atoms with E-state index < -0.39 is 11.5 Å². The predicted molar refractivity (Wildman–Crippen MR) is 95.6 cm³/mol. The molecular weight excluding hydrogens is 322 g/mol. The number of piperidine rings is 1. The Morgan fingerprint density at radius 2 is 1.80 bits per heavy atom. The van der Waals surface area contributed by atoms with Crippen molar-refractivity contribution in [1.82, 2.24) is 4.90 Å². The van der Waals surface area contributed by atoms with Gasteiger partial charge < -0.3 is 25.8 Å². The van der Waals surface area contributed by atoms with Crippen molar-refractivity contribution in [2.24, 2.45) is 5.73 Å². The second-order valence-corrected chi connectivity index (χ2v) is 7.35. The molecule has 4 N–H and O–H groups in total. The maximum Gasteiger partial charge on any atom is 0.410 e. The highest BCUT2D eigenvalue weighted by Crippen LogP contribution is 2.28. The fraction of sp³-hybridized carbons (Fsp3) is 0.556. The molecule has 0 atom stereocenters. The number of aryl methyl sites for hydroxylation is 1. The van der Waals surface area contributed by atoms with Crippen molar-refractivity contribution in [1.29, 1.82) is 0 Å². The molecular formula is C18H27N3O4. The molecule has 0 unspecified atom stereocenters. The van der Waals surface area contributed by atoms with Gasteiger partial charge in [0.2, 0.25) is 0 Å². The Hall–Kier alpha value is -2.44. The second kappa shape index (κ2) is 7.21. The topological polar surface area (TPSA) is 108 Å². The van der Waals surface area contributed by atoms with E-state index in [0.717, 1.165) is 5.56 Å². The number of nitrogens with zero attached hydrogens (tertiary/aromatic N) is 1. The maximum absolute atomic E-state index is 12.1. The molecule has 25 heavy (non-hydrogen) atoms. The first kappa shape index (κ1) is 18.9. The third-order valence-corrected chi connectivity index (χ3v) is 4.02. The summed E-state index contributed by atoms with van der Waals surface area (Å²) in [6.07, 6.45) is 0.897. The largest absolute Gasteiger partial charge is 0.489 e. The van der Waals surface area contributed by atoms with Gasteiger partial charge in [0.25, 0.3) is 5.91 Å². The number of hydrogen-bond acceptors (Lipinski definition) is 5. The molecule has 1 aliphatic heterocycles. The third kappa shape index (κ3) is 5.01. The number of likely N-dealkylation sites (tertiary alicyclic amines) is 1. The number of nitrogen functional groups attached to an aromatic ring is 1. The number of carbonyl (C=O) groups is 2. The number of nitrogens with two attached hydrogens (primary N) is 2. The summed E-state index contributed by atoms with van der Waals surface area (Å²) in [4.78, 5) is 25.4. The average molecular weight is 349 g/mol. The van der Waals surface area contributed by atoms with Crippen LogP contribution in [0.15, 0.2) is 12.1 Å². The summed E-state index contributed by atoms with van der Waals surface area (Å²) in [5.74, 6) is -0.136. The van der Waals surface area contributed by atoms with E-state index in [1.54, 1.807) is 17.0 Å². The molecule has 2 rings (SSSR count). The lowest BCUT2D eigenvalue weighted by Crippen LogP contribution is -2.44. The normalized spacial score (nSPS) is 15.8. The minimum absolute atomic E-state index is 0.0974. The standard InChI is InChI=1S/C18H27N3O4/c1-11-9-15(13(16(20)22)10-14(11)19)24-12-5-7-21(8-6-12)17(23)25-18(2,3)4/h9-10,12H,5-8,19H2,1-4H3,(H2,20,22). The van der Waals surface area contributed by atoms with Gasteiger partial charge in [0.05, 0.1) is 5.56 Å². The lowest BCUT2D eigenvalue weighted by Gasteiger charge is -2.33. The highest BCUT2D eigenvalue weighted by Gasteiger charge is 2.28. The second-order valence-electron chi connectivity index (χ2n) is 7.35. The van der Waals surface area contributed by atoms with Crippen LogP contribution in [0.4, 0.5) is 10.5 Å². The molecule has 0 saturated carbocycles. The molecule has 0 aliphatic carbocycles. The number of hydrogen-bond donors (Lipinski definition) is 2. The third-order valence-electron chi connectivity index (χ3n) is 4.02. The predicted octanol–water partition coefficient (Wildman–Crippen LogP) is 2.45. The summed E-state index contributed by atoms with van der Waals surface area (Å²) in [6.45, 7) is 8.46. The molecule has 0 spiro atoms. The molecule has 1 aromatic carbocycles. The van der Waals surface area contributed by atoms with Gasteiger partial charge in [-0.15, -0.1) is 0 Å². The van der Waals surface area contributed by atoms with Gasteiger partial charge in [-0.1, -0.05) is 0 Å². The summed E-state index contributed by atoms with van der Waals surface area (Å²) in [6, 6.07) is 3.28. The molecule has 138 valence electrons. The zero-order chi connectivity index (χ0) is 18.8. The van der Waals surface area contributed by atoms with Crippen LogP contribution in [0.2, 0.25) is 0 Å². The Balaban J connectivity index is 2.00. The quantitative estimate of drug-likeness (QED) is 0.815. The average Bonchev–Trinajstić information content (AvgIpc) is 2.49. The zero-order valence-electron chi connectivity index (χ0n) is 15.3. The molecule has 1 aromatic rings. The first-order chi connectivity index (χ1) is 11.6. The molecule has 1 aliphatic rings. The number of primary amides is 1. The number of rotatable bonds is 3. The monoisotopic (exact) mass is 349 g/mol. The summed E-state index contributed by atoms with van der Waals surface area (Å²) in [5.41, 5.74) is 12.3. The van der Waals surface area contributed by atoms with E-state index in [2.05, 4.69) is 0 Å². The van der Waals surface area contributed by atoms with Gasteiger partial charge in [0.1, 0.15) is 17.5 Å². The van der Waals surface area contributed by atoms with E-state index in [0.29, 0.717) is 37.4 Å². The van der Waals surface area contributed by atoms with E-state index in [9.17, 15) is 9.59 Å². The van der Waals surface area contributed by atoms with Crippen molar-refractivity contribution in [2.45, 2.75) is 52.2 Å². The SMILES string of the molecule is Cc1cc(OC2CCN(C(=O)OC(C)(C)C)CC2)c(C(N)=O)cc1N. The van der Waals surface area contributed by atoms with Crippen LogP contribution in [-0.4, -0.2) is 41.7 Å². The molecule has 0 aromatic heterocycles. The molecule has 7 heteroatoms. The summed E-state index contributed by atoms with van der Waals surface area (Å²) >= 11 is 0. The van der Waals surface area contributed by atoms with Gasteiger partial charge >= 0.3 is 6.09 Å². The summed E-state index contributed by atoms with van der Waals surface area (Å²) < 4.78 is 11.4. The first-order valence-corrected chi connectivity index (χ1v) is 8.41. The van der Waals surface area contributed by atoms with Gasteiger partial charge in [0.15, 0.2) is 0 Å². The van der Waals surface area contributed by atoms with Gasteiger partial charge in [-0.3, -0.25) is 4.79 Å². The van der Waals surface area contributed by atoms with E-state index in [4.69, 9.17) is 20.9 Å². The lowest BCUT2D eigenvalue weighted by molar-refractivity contribution is 0.0126. The fourth-order valence-corrected chi connectivity index (χ4v) is 2.65. The van der Waals surface area contributed by atoms with Gasteiger partial charge in [-0.2, -0.15) is 0 Å². The summed E-state index contributed by atoms with van der Waals surface area (Å²) in [5, 5.41) is 0. The van der Waals surface area contributed by atoms with Crippen LogP contribution < -0.4 is 16.2 Å². The van der Waals surface area contributed by atoms with Crippen molar-refractivity contribution >= 4 is 17.7 Å². The van der Waals surface area contributed by atoms with Crippen LogP contribution in [0.5, 0.6) is 5.75 Å². The smallest absolute Gasteiger partial charge is 0.410 e. The van der Waals surface area contributed by atoms with Crippen molar-refractivity contribution < 1.29 is 19.1 Å². The first-order valence-electron chi connectivity index (χ1n) is 8.41. The van der Waals surface area contributed by atoms with Crippen LogP contribution >= 0.6 is 0 Å². The van der Waals surface area contributed by atoms with E-state index in [1.165, 1.54) is 0 Å². The number of anilines is 1. The van der Waals surface area contributed by atoms with Crippen LogP contribution in [0.3, 0.4) is 0 Å². The minimum atomic E-state index is -0.576. The van der Waals surface area contributed by atoms with Crippen molar-refractivity contribution in [3.05, 3.63) is 23.3 Å². The zero-order valence-corrected chi connectivity index (χ0v) is 15.3. The Bertz CT molecular complexity index is 659. The van der Waals surface area contributed by atoms with E-state index >= 15 is 0 Å². The van der Waals surface area contributed by atoms with Crippen molar-refractivity contribution in [3.8, 4) is 5.75 Å². The fourth-order valence-electron chi connectivity index (χ4n) is 2.65. The van der Waals surface area contributed by atoms with Crippen molar-refractivity contribution in [3.63, 3.8) is 0 Å². The minimum Gasteiger partial charge on any atom is -0.489 e. The molecule has 1 fully saturated rings. The maximum atomic E-state index is 12.1. The number of ether oxygens (including phenoxy) is 2. The highest BCUT2D eigenvalue weighted by molar-refractivity contribution is 5.96. The Morgan fingerprint density at radius 3 is 2.32 bits per heavy atom. The number of carbonyl (C=O) groups excluding carboxylic acids is 2. The Morgan fingerprint density at radius 1 is 1.20 bits per heavy atom. The van der Waals surface area contributed by atoms with E-state index in [-0.39, 0.29) is 17.8 Å². The van der Waals surface area contributed by atoms with Crippen molar-refractivity contribution in [2.75, 3.05) is 18.8 Å². The number of amides is 2. The molecule has 1 heterocycles. The van der Waals surface area contributed by atoms with Gasteiger partial charge in [-0.25, -0.2) is 4.79 Å². The Labute approximate surface area is 148 Å². The molecule has 0 radical (unpaired) electrons. The molecule has 1 saturated heterocycles. The van der Waals surface area contributed by atoms with Crippen LogP contribution in [0, 0.1) is 6.92 Å². The van der Waals surface area contributed by atoms with Crippen LogP contribution in [0.1, 0.15) is 49.5 Å². The summed E-state index contributed by atoms with van der Waals surface area (Å²) in [7, 11) is 0. The Kier molecular flexibility index (Phi) is 5.45. The van der Waals surface area contributed by atoms with Crippen LogP contribution in [0.25, 0.3) is 0 Å². The van der Waals surface area contributed by atoms with Gasteiger partial charge in [0, 0.05) is 31.6 Å². The number of benzene rings is 1. The lowest BCUT2D eigenvalue weighted by atomic mass is 10.1. The molecule has 0 bridgehead atoms. The van der Waals surface area contributed by atoms with E-state index in [1.807, 2.05) is 27.7 Å².